The van der Waals surface area contributed by atoms with Gasteiger partial charge in [-0.3, -0.25) is 0 Å². The molecular weight excluding hydrogens is 395 g/mol. The van der Waals surface area contributed by atoms with Crippen LogP contribution >= 0.6 is 0 Å². The molecule has 1 aliphatic rings. The molecule has 0 spiro atoms. The first-order valence-electron chi connectivity index (χ1n) is 8.06. The number of alkyl halides is 2. The van der Waals surface area contributed by atoms with E-state index in [2.05, 4.69) is 5.32 Å². The molecule has 1 N–H and O–H groups in total. The number of ether oxygens (including phenoxy) is 1. The van der Waals surface area contributed by atoms with E-state index < -0.39 is 30.2 Å². The van der Waals surface area contributed by atoms with E-state index in [1.165, 1.54) is 4.90 Å². The Labute approximate surface area is 168 Å². The predicted molar refractivity (Wildman–Crippen MR) is 83.3 cm³/mol. The number of nitrogens with zero attached hydrogens (tertiary/aromatic N) is 1. The number of halogens is 2. The van der Waals surface area contributed by atoms with Gasteiger partial charge in [-0.25, -0.2) is 13.6 Å². The van der Waals surface area contributed by atoms with Crippen molar-refractivity contribution in [3.8, 4) is 0 Å². The topological polar surface area (TPSA) is 58.6 Å². The Kier molecular flexibility index (Phi) is 11.4. The van der Waals surface area contributed by atoms with Gasteiger partial charge < -0.3 is 26.2 Å². The van der Waals surface area contributed by atoms with Crippen LogP contribution < -0.4 is 5.32 Å². The number of urea groups is 1. The van der Waals surface area contributed by atoms with Crippen LogP contribution in [0.1, 0.15) is 40.0 Å². The number of ketones is 1. The molecule has 1 aliphatic heterocycles. The molecule has 1 rings (SSSR count). The SMILES string of the molecule is C[CH-]CC(=O)[C@H](CC(F)(F)CC(C)C)NC(=O)N1CCOCC1.[Y]. The molecule has 8 heteroatoms. The van der Waals surface area contributed by atoms with Crippen LogP contribution in [-0.2, 0) is 42.2 Å². The zero-order chi connectivity index (χ0) is 17.5. The number of morpholine rings is 1. The first kappa shape index (κ1) is 23.9. The van der Waals surface area contributed by atoms with Crippen LogP contribution in [0.2, 0.25) is 0 Å². The molecule has 24 heavy (non-hydrogen) atoms. The van der Waals surface area contributed by atoms with Crippen molar-refractivity contribution in [2.75, 3.05) is 26.3 Å². The summed E-state index contributed by atoms with van der Waals surface area (Å²) in [7, 11) is 0. The molecule has 1 radical (unpaired) electrons. The van der Waals surface area contributed by atoms with Crippen LogP contribution in [0.15, 0.2) is 0 Å². The van der Waals surface area contributed by atoms with Gasteiger partial charge in [0.15, 0.2) is 0 Å². The molecular formula is C16H27F2N2O3Y-. The number of amides is 2. The van der Waals surface area contributed by atoms with Crippen LogP contribution in [0.3, 0.4) is 0 Å². The summed E-state index contributed by atoms with van der Waals surface area (Å²) in [6.45, 7) is 6.72. The third kappa shape index (κ3) is 8.81. The van der Waals surface area contributed by atoms with E-state index in [9.17, 15) is 18.4 Å². The largest absolute Gasteiger partial charge is 0.378 e. The van der Waals surface area contributed by atoms with Crippen molar-refractivity contribution in [1.29, 1.82) is 0 Å². The average Bonchev–Trinajstić information content (AvgIpc) is 2.46. The quantitative estimate of drug-likeness (QED) is 0.612. The molecule has 1 heterocycles. The van der Waals surface area contributed by atoms with Gasteiger partial charge in [0.05, 0.1) is 19.3 Å². The Morgan fingerprint density at radius 1 is 1.25 bits per heavy atom. The first-order valence-corrected chi connectivity index (χ1v) is 8.06. The second-order valence-electron chi connectivity index (χ2n) is 6.34. The van der Waals surface area contributed by atoms with Crippen LogP contribution in [0.4, 0.5) is 13.6 Å². The zero-order valence-corrected chi connectivity index (χ0v) is 17.5. The van der Waals surface area contributed by atoms with Crippen molar-refractivity contribution < 1.29 is 55.8 Å². The minimum absolute atomic E-state index is 0. The summed E-state index contributed by atoms with van der Waals surface area (Å²) in [5.41, 5.74) is 0. The fourth-order valence-corrected chi connectivity index (χ4v) is 2.57. The summed E-state index contributed by atoms with van der Waals surface area (Å²) in [5, 5.41) is 2.48. The average molecular weight is 422 g/mol. The Morgan fingerprint density at radius 2 is 1.83 bits per heavy atom. The first-order chi connectivity index (χ1) is 10.7. The molecule has 1 fully saturated rings. The van der Waals surface area contributed by atoms with Gasteiger partial charge in [0.2, 0.25) is 0 Å². The van der Waals surface area contributed by atoms with E-state index >= 15 is 0 Å². The molecule has 2 amide bonds. The van der Waals surface area contributed by atoms with Gasteiger partial charge in [0, 0.05) is 58.6 Å². The van der Waals surface area contributed by atoms with Crippen LogP contribution in [0, 0.1) is 12.3 Å². The molecule has 0 aromatic heterocycles. The number of nitrogens with one attached hydrogen (secondary N) is 1. The monoisotopic (exact) mass is 422 g/mol. The molecule has 0 bridgehead atoms. The molecule has 1 saturated heterocycles. The minimum atomic E-state index is -2.99. The number of carbonyl (C=O) groups is 2. The minimum Gasteiger partial charge on any atom is -0.378 e. The molecule has 0 saturated carbocycles. The van der Waals surface area contributed by atoms with Gasteiger partial charge in [-0.05, 0) is 5.92 Å². The number of rotatable bonds is 8. The van der Waals surface area contributed by atoms with Gasteiger partial charge >= 0.3 is 6.03 Å². The maximum Gasteiger partial charge on any atom is 0.318 e. The second kappa shape index (κ2) is 11.5. The summed E-state index contributed by atoms with van der Waals surface area (Å²) < 4.78 is 33.3. The van der Waals surface area contributed by atoms with Crippen molar-refractivity contribution in [3.63, 3.8) is 0 Å². The number of Topliss-reactive ketones (excluding diaryl/α,β-unsaturated/α-hetero) is 1. The normalized spacial score (nSPS) is 16.5. The number of hydrogen-bond acceptors (Lipinski definition) is 3. The molecule has 0 aliphatic carbocycles. The van der Waals surface area contributed by atoms with Gasteiger partial charge in [-0.15, -0.1) is 6.42 Å². The zero-order valence-electron chi connectivity index (χ0n) is 14.7. The summed E-state index contributed by atoms with van der Waals surface area (Å²) in [5.74, 6) is -3.56. The van der Waals surface area contributed by atoms with Gasteiger partial charge in [-0.1, -0.05) is 13.8 Å². The second-order valence-corrected chi connectivity index (χ2v) is 6.34. The fourth-order valence-electron chi connectivity index (χ4n) is 2.57. The molecule has 1 atom stereocenters. The number of hydrogen-bond donors (Lipinski definition) is 1. The maximum atomic E-state index is 14.1. The Morgan fingerprint density at radius 3 is 2.33 bits per heavy atom. The van der Waals surface area contributed by atoms with Crippen molar-refractivity contribution in [3.05, 3.63) is 6.42 Å². The predicted octanol–water partition coefficient (Wildman–Crippen LogP) is 2.65. The summed E-state index contributed by atoms with van der Waals surface area (Å²) in [6.07, 6.45) is 0.705. The Balaban J connectivity index is 0.00000529. The Bertz CT molecular complexity index is 403. The van der Waals surface area contributed by atoms with Gasteiger partial charge in [0.1, 0.15) is 5.78 Å². The van der Waals surface area contributed by atoms with E-state index in [4.69, 9.17) is 4.74 Å². The summed E-state index contributed by atoms with van der Waals surface area (Å²) >= 11 is 0. The number of carbonyl (C=O) groups excluding carboxylic acids is 2. The molecule has 137 valence electrons. The smallest absolute Gasteiger partial charge is 0.318 e. The van der Waals surface area contributed by atoms with E-state index in [1.54, 1.807) is 27.2 Å². The van der Waals surface area contributed by atoms with Crippen LogP contribution in [-0.4, -0.2) is 55.0 Å². The standard InChI is InChI=1S/C16H27F2N2O3.Y/c1-4-5-14(21)13(11-16(17,18)10-12(2)3)19-15(22)20-6-8-23-9-7-20;/h4,12-13H,5-11H2,1-3H3,(H,19,22);/q-1;/t13-;/m0./s1. The third-order valence-electron chi connectivity index (χ3n) is 3.60. The van der Waals surface area contributed by atoms with Crippen molar-refractivity contribution in [2.45, 2.75) is 52.0 Å². The van der Waals surface area contributed by atoms with E-state index in [0.29, 0.717) is 26.3 Å². The van der Waals surface area contributed by atoms with E-state index in [1.807, 2.05) is 0 Å². The maximum absolute atomic E-state index is 14.1. The molecule has 5 nitrogen and oxygen atoms in total. The van der Waals surface area contributed by atoms with Gasteiger partial charge in [0.25, 0.3) is 5.92 Å². The molecule has 0 unspecified atom stereocenters. The summed E-state index contributed by atoms with van der Waals surface area (Å²) in [4.78, 5) is 25.8. The van der Waals surface area contributed by atoms with E-state index in [0.717, 1.165) is 0 Å². The van der Waals surface area contributed by atoms with Crippen molar-refractivity contribution in [2.24, 2.45) is 5.92 Å². The molecule has 0 aromatic carbocycles. The fraction of sp³-hybridized carbons (Fsp3) is 0.812. The van der Waals surface area contributed by atoms with E-state index in [-0.39, 0.29) is 51.5 Å². The van der Waals surface area contributed by atoms with Gasteiger partial charge in [-0.2, -0.15) is 6.92 Å². The Hall–Kier alpha value is -0.136. The van der Waals surface area contributed by atoms with Crippen LogP contribution in [0.25, 0.3) is 0 Å². The summed E-state index contributed by atoms with van der Waals surface area (Å²) in [6, 6.07) is -1.65. The van der Waals surface area contributed by atoms with Crippen molar-refractivity contribution in [1.82, 2.24) is 10.2 Å². The van der Waals surface area contributed by atoms with Crippen molar-refractivity contribution >= 4 is 11.8 Å². The molecule has 0 aromatic rings. The van der Waals surface area contributed by atoms with Crippen LogP contribution in [0.5, 0.6) is 0 Å². The third-order valence-corrected chi connectivity index (χ3v) is 3.60.